The van der Waals surface area contributed by atoms with Gasteiger partial charge in [-0.25, -0.2) is 4.39 Å². The lowest BCUT2D eigenvalue weighted by Gasteiger charge is -2.05. The van der Waals surface area contributed by atoms with Gasteiger partial charge < -0.3 is 20.0 Å². The third kappa shape index (κ3) is 4.21. The molecule has 1 unspecified atom stereocenters. The van der Waals surface area contributed by atoms with Crippen LogP contribution in [0.2, 0.25) is 5.02 Å². The van der Waals surface area contributed by atoms with Crippen LogP contribution in [0, 0.1) is 5.82 Å². The molecule has 0 bridgehead atoms. The number of nitrogens with two attached hydrogens (primary N) is 1. The van der Waals surface area contributed by atoms with Crippen molar-refractivity contribution in [2.24, 2.45) is 5.73 Å². The summed E-state index contributed by atoms with van der Waals surface area (Å²) in [6.45, 7) is 0.115. The molecule has 0 aliphatic carbocycles. The van der Waals surface area contributed by atoms with Crippen LogP contribution in [-0.2, 0) is 17.8 Å². The summed E-state index contributed by atoms with van der Waals surface area (Å²) in [5, 5.41) is 8.69. The number of benzene rings is 1. The van der Waals surface area contributed by atoms with Crippen LogP contribution in [0.4, 0.5) is 4.39 Å². The number of ether oxygens (including phenoxy) is 1. The van der Waals surface area contributed by atoms with E-state index in [1.165, 1.54) is 18.2 Å². The number of hydrogen-bond donors (Lipinski definition) is 2. The average molecular weight is 314 g/mol. The number of hydrogen-bond acceptors (Lipinski definition) is 4. The third-order valence-electron chi connectivity index (χ3n) is 2.73. The molecule has 1 aromatic heterocycles. The molecule has 0 fully saturated rings. The molecule has 5 nitrogen and oxygen atoms in total. The Bertz CT molecular complexity index is 644. The topological polar surface area (TPSA) is 85.7 Å². The maximum absolute atomic E-state index is 13.0. The van der Waals surface area contributed by atoms with Crippen molar-refractivity contribution in [3.63, 3.8) is 0 Å². The fourth-order valence-corrected chi connectivity index (χ4v) is 1.81. The summed E-state index contributed by atoms with van der Waals surface area (Å²) in [4.78, 5) is 10.6. The smallest absolute Gasteiger partial charge is 0.320 e. The number of furan rings is 1. The molecule has 0 saturated heterocycles. The standard InChI is InChI=1S/C14H13ClFNO4/c15-11-5-8(3-4-12(11)16)20-7-10-2-1-9(21-10)6-13(17)14(18)19/h1-5,13H,6-7,17H2,(H,18,19). The van der Waals surface area contributed by atoms with Gasteiger partial charge in [0.25, 0.3) is 0 Å². The van der Waals surface area contributed by atoms with Crippen LogP contribution in [0.3, 0.4) is 0 Å². The minimum Gasteiger partial charge on any atom is -0.486 e. The quantitative estimate of drug-likeness (QED) is 0.856. The van der Waals surface area contributed by atoms with E-state index in [-0.39, 0.29) is 18.1 Å². The van der Waals surface area contributed by atoms with Crippen LogP contribution >= 0.6 is 11.6 Å². The van der Waals surface area contributed by atoms with Crippen molar-refractivity contribution in [2.75, 3.05) is 0 Å². The van der Waals surface area contributed by atoms with Gasteiger partial charge in [-0.2, -0.15) is 0 Å². The highest BCUT2D eigenvalue weighted by Crippen LogP contribution is 2.22. The zero-order chi connectivity index (χ0) is 15.4. The fraction of sp³-hybridized carbons (Fsp3) is 0.214. The lowest BCUT2D eigenvalue weighted by Crippen LogP contribution is -2.32. The summed E-state index contributed by atoms with van der Waals surface area (Å²) < 4.78 is 23.8. The number of rotatable bonds is 6. The zero-order valence-electron chi connectivity index (χ0n) is 10.9. The number of carboxylic acids is 1. The number of aliphatic carboxylic acids is 1. The summed E-state index contributed by atoms with van der Waals surface area (Å²) in [6, 6.07) is 6.30. The molecule has 3 N–H and O–H groups in total. The van der Waals surface area contributed by atoms with Crippen LogP contribution in [0.15, 0.2) is 34.7 Å². The second-order valence-corrected chi connectivity index (χ2v) is 4.79. The molecular weight excluding hydrogens is 301 g/mol. The molecule has 0 aliphatic heterocycles. The van der Waals surface area contributed by atoms with Gasteiger partial charge in [-0.3, -0.25) is 4.79 Å². The fourth-order valence-electron chi connectivity index (χ4n) is 1.63. The van der Waals surface area contributed by atoms with Gasteiger partial charge in [-0.15, -0.1) is 0 Å². The normalized spacial score (nSPS) is 12.1. The van der Waals surface area contributed by atoms with E-state index in [2.05, 4.69) is 0 Å². The van der Waals surface area contributed by atoms with E-state index in [1.54, 1.807) is 12.1 Å². The summed E-state index contributed by atoms with van der Waals surface area (Å²) >= 11 is 5.64. The lowest BCUT2D eigenvalue weighted by atomic mass is 10.2. The molecule has 1 aromatic carbocycles. The van der Waals surface area contributed by atoms with E-state index in [0.29, 0.717) is 17.3 Å². The molecule has 7 heteroatoms. The van der Waals surface area contributed by atoms with Crippen molar-refractivity contribution in [3.8, 4) is 5.75 Å². The van der Waals surface area contributed by atoms with Gasteiger partial charge in [0.1, 0.15) is 35.7 Å². The minimum absolute atomic E-state index is 0.0277. The van der Waals surface area contributed by atoms with Gasteiger partial charge in [-0.1, -0.05) is 11.6 Å². The van der Waals surface area contributed by atoms with E-state index < -0.39 is 17.8 Å². The van der Waals surface area contributed by atoms with Gasteiger partial charge in [0.2, 0.25) is 0 Å². The third-order valence-corrected chi connectivity index (χ3v) is 3.02. The van der Waals surface area contributed by atoms with Crippen LogP contribution < -0.4 is 10.5 Å². The Balaban J connectivity index is 1.93. The van der Waals surface area contributed by atoms with Crippen molar-refractivity contribution in [1.29, 1.82) is 0 Å². The van der Waals surface area contributed by atoms with Crippen LogP contribution in [0.25, 0.3) is 0 Å². The van der Waals surface area contributed by atoms with E-state index >= 15 is 0 Å². The summed E-state index contributed by atoms with van der Waals surface area (Å²) in [7, 11) is 0. The maximum atomic E-state index is 13.0. The highest BCUT2D eigenvalue weighted by atomic mass is 35.5. The van der Waals surface area contributed by atoms with Crippen molar-refractivity contribution in [3.05, 3.63) is 52.7 Å². The summed E-state index contributed by atoms with van der Waals surface area (Å²) in [5.74, 6) is -0.248. The molecule has 2 aromatic rings. The molecule has 21 heavy (non-hydrogen) atoms. The van der Waals surface area contributed by atoms with E-state index in [9.17, 15) is 9.18 Å². The minimum atomic E-state index is -1.09. The molecular formula is C14H13ClFNO4. The first-order valence-electron chi connectivity index (χ1n) is 6.09. The largest absolute Gasteiger partial charge is 0.486 e. The second-order valence-electron chi connectivity index (χ2n) is 4.38. The number of halogens is 2. The van der Waals surface area contributed by atoms with Gasteiger partial charge in [0, 0.05) is 12.5 Å². The predicted molar refractivity (Wildman–Crippen MR) is 73.8 cm³/mol. The Morgan fingerprint density at radius 2 is 2.10 bits per heavy atom. The summed E-state index contributed by atoms with van der Waals surface area (Å²) in [5.41, 5.74) is 5.41. The average Bonchev–Trinajstić information content (AvgIpc) is 2.87. The molecule has 0 amide bonds. The van der Waals surface area contributed by atoms with Crippen LogP contribution in [-0.4, -0.2) is 17.1 Å². The monoisotopic (exact) mass is 313 g/mol. The van der Waals surface area contributed by atoms with E-state index in [4.69, 9.17) is 31.6 Å². The van der Waals surface area contributed by atoms with Gasteiger partial charge >= 0.3 is 5.97 Å². The first-order chi connectivity index (χ1) is 9.95. The molecule has 0 aliphatic rings. The van der Waals surface area contributed by atoms with Gasteiger partial charge in [0.05, 0.1) is 5.02 Å². The highest BCUT2D eigenvalue weighted by molar-refractivity contribution is 6.30. The van der Waals surface area contributed by atoms with Crippen molar-refractivity contribution in [1.82, 2.24) is 0 Å². The van der Waals surface area contributed by atoms with Crippen molar-refractivity contribution >= 4 is 17.6 Å². The second kappa shape index (κ2) is 6.60. The Morgan fingerprint density at radius 1 is 1.38 bits per heavy atom. The first kappa shape index (κ1) is 15.3. The maximum Gasteiger partial charge on any atom is 0.320 e. The Hall–Kier alpha value is -2.05. The van der Waals surface area contributed by atoms with Gasteiger partial charge in [0.15, 0.2) is 0 Å². The Morgan fingerprint density at radius 3 is 2.76 bits per heavy atom. The molecule has 0 saturated carbocycles. The van der Waals surface area contributed by atoms with Crippen LogP contribution in [0.5, 0.6) is 5.75 Å². The number of carbonyl (C=O) groups is 1. The lowest BCUT2D eigenvalue weighted by molar-refractivity contribution is -0.138. The Labute approximate surface area is 125 Å². The molecule has 0 radical (unpaired) electrons. The van der Waals surface area contributed by atoms with Crippen molar-refractivity contribution in [2.45, 2.75) is 19.1 Å². The molecule has 1 atom stereocenters. The molecule has 1 heterocycles. The molecule has 112 valence electrons. The SMILES string of the molecule is NC(Cc1ccc(COc2ccc(F)c(Cl)c2)o1)C(=O)O. The Kier molecular flexibility index (Phi) is 4.82. The zero-order valence-corrected chi connectivity index (χ0v) is 11.6. The summed E-state index contributed by atoms with van der Waals surface area (Å²) in [6.07, 6.45) is 0.0950. The van der Waals surface area contributed by atoms with E-state index in [1.807, 2.05) is 0 Å². The first-order valence-corrected chi connectivity index (χ1v) is 6.47. The molecule has 2 rings (SSSR count). The highest BCUT2D eigenvalue weighted by Gasteiger charge is 2.14. The van der Waals surface area contributed by atoms with Crippen molar-refractivity contribution < 1.29 is 23.4 Å². The molecule has 0 spiro atoms. The van der Waals surface area contributed by atoms with Gasteiger partial charge in [-0.05, 0) is 24.3 Å². The van der Waals surface area contributed by atoms with Crippen LogP contribution in [0.1, 0.15) is 11.5 Å². The predicted octanol–water partition coefficient (Wildman–Crippen LogP) is 2.61. The van der Waals surface area contributed by atoms with E-state index in [0.717, 1.165) is 0 Å². The number of carboxylic acid groups (broad SMARTS) is 1.